The van der Waals surface area contributed by atoms with Gasteiger partial charge in [0.1, 0.15) is 11.5 Å². The molecule has 138 valence electrons. The monoisotopic (exact) mass is 355 g/mol. The summed E-state index contributed by atoms with van der Waals surface area (Å²) in [5.41, 5.74) is 3.26. The minimum absolute atomic E-state index is 0.119. The molecule has 3 heterocycles. The van der Waals surface area contributed by atoms with Gasteiger partial charge in [-0.25, -0.2) is 0 Å². The zero-order valence-corrected chi connectivity index (χ0v) is 15.6. The highest BCUT2D eigenvalue weighted by atomic mass is 16.5. The predicted molar refractivity (Wildman–Crippen MR) is 96.6 cm³/mol. The maximum Gasteiger partial charge on any atom is 0.227 e. The number of ether oxygens (including phenoxy) is 1. The van der Waals surface area contributed by atoms with E-state index in [9.17, 15) is 4.79 Å². The van der Waals surface area contributed by atoms with Crippen LogP contribution in [0.5, 0.6) is 5.75 Å². The Morgan fingerprint density at radius 3 is 2.54 bits per heavy atom. The third kappa shape index (κ3) is 3.09. The van der Waals surface area contributed by atoms with Gasteiger partial charge in [0.15, 0.2) is 0 Å². The molecule has 2 aromatic rings. The van der Waals surface area contributed by atoms with E-state index in [1.807, 2.05) is 43.0 Å². The van der Waals surface area contributed by atoms with Crippen molar-refractivity contribution in [3.8, 4) is 5.75 Å². The lowest BCUT2D eigenvalue weighted by atomic mass is 10.0. The lowest BCUT2D eigenvalue weighted by molar-refractivity contribution is -0.131. The molecule has 2 saturated heterocycles. The predicted octanol–water partition coefficient (Wildman–Crippen LogP) is 2.39. The second kappa shape index (κ2) is 6.76. The molecule has 0 bridgehead atoms. The first-order valence-corrected chi connectivity index (χ1v) is 9.11. The molecule has 2 atom stereocenters. The molecular weight excluding hydrogens is 330 g/mol. The van der Waals surface area contributed by atoms with Crippen molar-refractivity contribution in [2.45, 2.75) is 26.9 Å². The number of carbonyl (C=O) groups excluding carboxylic acids is 1. The molecule has 6 heteroatoms. The molecule has 1 aromatic heterocycles. The Kier molecular flexibility index (Phi) is 4.44. The Bertz CT molecular complexity index is 780. The van der Waals surface area contributed by atoms with Crippen LogP contribution in [0.1, 0.15) is 22.6 Å². The van der Waals surface area contributed by atoms with Crippen LogP contribution in [0.2, 0.25) is 0 Å². The molecule has 1 aromatic carbocycles. The maximum atomic E-state index is 12.8. The first-order valence-electron chi connectivity index (χ1n) is 9.11. The highest BCUT2D eigenvalue weighted by molar-refractivity contribution is 5.82. The van der Waals surface area contributed by atoms with Crippen LogP contribution >= 0.6 is 0 Å². The van der Waals surface area contributed by atoms with Crippen LogP contribution < -0.4 is 4.74 Å². The average molecular weight is 355 g/mol. The zero-order valence-electron chi connectivity index (χ0n) is 15.6. The number of likely N-dealkylation sites (tertiary alicyclic amines) is 2. The first-order chi connectivity index (χ1) is 12.5. The molecule has 0 unspecified atom stereocenters. The molecule has 2 aliphatic heterocycles. The maximum absolute atomic E-state index is 12.8. The zero-order chi connectivity index (χ0) is 18.3. The molecule has 6 nitrogen and oxygen atoms in total. The van der Waals surface area contributed by atoms with Crippen molar-refractivity contribution in [3.05, 3.63) is 46.8 Å². The van der Waals surface area contributed by atoms with Crippen molar-refractivity contribution in [1.29, 1.82) is 0 Å². The summed E-state index contributed by atoms with van der Waals surface area (Å²) in [5.74, 6) is 2.54. The lowest BCUT2D eigenvalue weighted by Crippen LogP contribution is -2.32. The molecule has 0 saturated carbocycles. The summed E-state index contributed by atoms with van der Waals surface area (Å²) in [6.07, 6.45) is 0. The van der Waals surface area contributed by atoms with E-state index in [2.05, 4.69) is 10.1 Å². The average Bonchev–Trinajstić information content (AvgIpc) is 3.27. The van der Waals surface area contributed by atoms with Crippen molar-refractivity contribution in [3.63, 3.8) is 0 Å². The van der Waals surface area contributed by atoms with Crippen molar-refractivity contribution >= 4 is 5.91 Å². The Hall–Kier alpha value is -2.34. The van der Waals surface area contributed by atoms with Gasteiger partial charge < -0.3 is 14.2 Å². The third-order valence-electron chi connectivity index (χ3n) is 5.70. The quantitative estimate of drug-likeness (QED) is 0.824. The summed E-state index contributed by atoms with van der Waals surface area (Å²) in [4.78, 5) is 17.2. The van der Waals surface area contributed by atoms with E-state index >= 15 is 0 Å². The van der Waals surface area contributed by atoms with E-state index in [1.165, 1.54) is 0 Å². The van der Waals surface area contributed by atoms with E-state index < -0.39 is 0 Å². The van der Waals surface area contributed by atoms with Gasteiger partial charge >= 0.3 is 0 Å². The fraction of sp³-hybridized carbons (Fsp3) is 0.500. The van der Waals surface area contributed by atoms with Gasteiger partial charge in [0.05, 0.1) is 18.7 Å². The van der Waals surface area contributed by atoms with Gasteiger partial charge in [-0.1, -0.05) is 17.3 Å². The van der Waals surface area contributed by atoms with Gasteiger partial charge in [0, 0.05) is 44.2 Å². The van der Waals surface area contributed by atoms with Gasteiger partial charge in [-0.05, 0) is 31.5 Å². The smallest absolute Gasteiger partial charge is 0.227 e. The number of methoxy groups -OCH3 is 1. The van der Waals surface area contributed by atoms with Crippen LogP contribution in [0.4, 0.5) is 0 Å². The number of fused-ring (bicyclic) bond motifs is 1. The summed E-state index contributed by atoms with van der Waals surface area (Å²) < 4.78 is 10.5. The summed E-state index contributed by atoms with van der Waals surface area (Å²) >= 11 is 0. The Morgan fingerprint density at radius 1 is 1.15 bits per heavy atom. The molecule has 1 amide bonds. The van der Waals surface area contributed by atoms with E-state index in [4.69, 9.17) is 9.26 Å². The molecule has 2 aliphatic rings. The van der Waals surface area contributed by atoms with Crippen LogP contribution in [-0.2, 0) is 17.9 Å². The van der Waals surface area contributed by atoms with Crippen LogP contribution in [-0.4, -0.2) is 47.6 Å². The minimum atomic E-state index is 0.119. The molecule has 4 rings (SSSR count). The van der Waals surface area contributed by atoms with E-state index in [-0.39, 0.29) is 11.8 Å². The van der Waals surface area contributed by atoms with Crippen molar-refractivity contribution in [2.24, 2.45) is 11.8 Å². The number of hydrogen-bond donors (Lipinski definition) is 0. The van der Waals surface area contributed by atoms with Gasteiger partial charge in [-0.15, -0.1) is 0 Å². The summed E-state index contributed by atoms with van der Waals surface area (Å²) in [6, 6.07) is 7.96. The van der Waals surface area contributed by atoms with Gasteiger partial charge in [0.2, 0.25) is 5.91 Å². The highest BCUT2D eigenvalue weighted by Gasteiger charge is 2.46. The highest BCUT2D eigenvalue weighted by Crippen LogP contribution is 2.34. The lowest BCUT2D eigenvalue weighted by Gasteiger charge is -2.21. The van der Waals surface area contributed by atoms with Crippen molar-refractivity contribution in [2.75, 3.05) is 26.7 Å². The van der Waals surface area contributed by atoms with Crippen LogP contribution in [0.25, 0.3) is 0 Å². The Labute approximate surface area is 153 Å². The Balaban J connectivity index is 1.37. The van der Waals surface area contributed by atoms with E-state index in [0.29, 0.717) is 12.5 Å². The number of carbonyl (C=O) groups is 1. The van der Waals surface area contributed by atoms with Gasteiger partial charge in [0.25, 0.3) is 0 Å². The second-order valence-electron chi connectivity index (χ2n) is 7.43. The Morgan fingerprint density at radius 2 is 1.92 bits per heavy atom. The van der Waals surface area contributed by atoms with Crippen LogP contribution in [0.15, 0.2) is 28.8 Å². The molecule has 26 heavy (non-hydrogen) atoms. The van der Waals surface area contributed by atoms with Gasteiger partial charge in [-0.3, -0.25) is 9.69 Å². The number of aromatic nitrogens is 1. The van der Waals surface area contributed by atoms with Crippen LogP contribution in [0.3, 0.4) is 0 Å². The van der Waals surface area contributed by atoms with Crippen molar-refractivity contribution in [1.82, 2.24) is 15.0 Å². The number of rotatable bonds is 5. The molecule has 0 spiro atoms. The van der Waals surface area contributed by atoms with E-state index in [1.54, 1.807) is 7.11 Å². The fourth-order valence-corrected chi connectivity index (χ4v) is 4.21. The number of hydrogen-bond acceptors (Lipinski definition) is 5. The number of nitrogens with zero attached hydrogens (tertiary/aromatic N) is 3. The number of amides is 1. The number of benzene rings is 1. The topological polar surface area (TPSA) is 58.8 Å². The van der Waals surface area contributed by atoms with Gasteiger partial charge in [-0.2, -0.15) is 0 Å². The molecule has 2 fully saturated rings. The number of aryl methyl sites for hydroxylation is 2. The normalized spacial score (nSPS) is 22.9. The summed E-state index contributed by atoms with van der Waals surface area (Å²) in [6.45, 7) is 8.05. The standard InChI is InChI=1S/C20H25N3O3/c1-13-18(14(2)26-21-13)11-22-9-16-10-23(20(24)19(16)12-22)8-15-4-6-17(25-3)7-5-15/h4-7,16,19H,8-12H2,1-3H3/t16-,19-/m0/s1. The summed E-state index contributed by atoms with van der Waals surface area (Å²) in [7, 11) is 1.66. The second-order valence-corrected chi connectivity index (χ2v) is 7.43. The molecular formula is C20H25N3O3. The fourth-order valence-electron chi connectivity index (χ4n) is 4.21. The molecule has 0 aliphatic carbocycles. The SMILES string of the molecule is COc1ccc(CN2C[C@@H]3CN(Cc4c(C)noc4C)C[C@@H]3C2=O)cc1. The first kappa shape index (κ1) is 17.1. The molecule has 0 N–H and O–H groups in total. The summed E-state index contributed by atoms with van der Waals surface area (Å²) in [5, 5.41) is 4.03. The minimum Gasteiger partial charge on any atom is -0.497 e. The van der Waals surface area contributed by atoms with E-state index in [0.717, 1.165) is 54.5 Å². The largest absolute Gasteiger partial charge is 0.497 e. The third-order valence-corrected chi connectivity index (χ3v) is 5.70. The van der Waals surface area contributed by atoms with Crippen LogP contribution in [0, 0.1) is 25.7 Å². The molecule has 0 radical (unpaired) electrons. The van der Waals surface area contributed by atoms with Crippen molar-refractivity contribution < 1.29 is 14.1 Å².